The molecule has 0 saturated carbocycles. The maximum absolute atomic E-state index is 12.8. The number of amides is 1. The molecule has 0 unspecified atom stereocenters. The lowest BCUT2D eigenvalue weighted by atomic mass is 10.2. The van der Waals surface area contributed by atoms with E-state index < -0.39 is 0 Å². The van der Waals surface area contributed by atoms with Crippen molar-refractivity contribution in [3.8, 4) is 22.8 Å². The Hall–Kier alpha value is -2.91. The summed E-state index contributed by atoms with van der Waals surface area (Å²) >= 11 is 2.79. The molecule has 3 aromatic heterocycles. The highest BCUT2D eigenvalue weighted by Crippen LogP contribution is 2.29. The molecule has 3 heterocycles. The Kier molecular flexibility index (Phi) is 6.53. The van der Waals surface area contributed by atoms with Crippen molar-refractivity contribution in [1.29, 1.82) is 0 Å². The highest BCUT2D eigenvalue weighted by atomic mass is 32.2. The molecule has 1 amide bonds. The predicted molar refractivity (Wildman–Crippen MR) is 124 cm³/mol. The molecule has 0 bridgehead atoms. The van der Waals surface area contributed by atoms with Crippen LogP contribution in [0.25, 0.3) is 22.8 Å². The topological polar surface area (TPSA) is 85.8 Å². The second-order valence-electron chi connectivity index (χ2n) is 7.44. The minimum atomic E-state index is -0.372. The summed E-state index contributed by atoms with van der Waals surface area (Å²) < 4.78 is 7.52. The molecular formula is C22H23N5O2S2. The van der Waals surface area contributed by atoms with Crippen molar-refractivity contribution < 1.29 is 9.21 Å². The minimum absolute atomic E-state index is 0.127. The summed E-state index contributed by atoms with van der Waals surface area (Å²) in [4.78, 5) is 17.3. The number of benzene rings is 1. The van der Waals surface area contributed by atoms with E-state index in [1.54, 1.807) is 6.26 Å². The van der Waals surface area contributed by atoms with Gasteiger partial charge in [-0.2, -0.15) is 0 Å². The first-order valence-corrected chi connectivity index (χ1v) is 11.7. The zero-order valence-corrected chi connectivity index (χ0v) is 19.1. The van der Waals surface area contributed by atoms with Gasteiger partial charge in [-0.3, -0.25) is 9.36 Å². The maximum atomic E-state index is 12.8. The molecule has 160 valence electrons. The van der Waals surface area contributed by atoms with Gasteiger partial charge in [0.1, 0.15) is 0 Å². The molecule has 0 aliphatic rings. The van der Waals surface area contributed by atoms with Crippen molar-refractivity contribution in [1.82, 2.24) is 19.7 Å². The number of thiazole rings is 1. The Labute approximate surface area is 188 Å². The maximum Gasteiger partial charge on any atom is 0.239 e. The number of nitrogens with zero attached hydrogens (tertiary/aromatic N) is 4. The van der Waals surface area contributed by atoms with Gasteiger partial charge in [-0.1, -0.05) is 55.9 Å². The Balaban J connectivity index is 1.46. The fourth-order valence-electron chi connectivity index (χ4n) is 2.98. The molecule has 0 radical (unpaired) electrons. The van der Waals surface area contributed by atoms with Crippen LogP contribution in [0.1, 0.15) is 20.8 Å². The summed E-state index contributed by atoms with van der Waals surface area (Å²) in [5.41, 5.74) is 1.87. The number of rotatable bonds is 8. The van der Waals surface area contributed by atoms with Gasteiger partial charge in [0.05, 0.1) is 17.2 Å². The number of hydrogen-bond acceptors (Lipinski definition) is 7. The number of furan rings is 1. The fraction of sp³-hybridized carbons (Fsp3) is 0.273. The molecule has 0 fully saturated rings. The van der Waals surface area contributed by atoms with Crippen LogP contribution in [-0.2, 0) is 11.3 Å². The van der Waals surface area contributed by atoms with E-state index in [0.717, 1.165) is 17.8 Å². The number of anilines is 1. The third-order valence-corrected chi connectivity index (χ3v) is 6.30. The van der Waals surface area contributed by atoms with Crippen LogP contribution in [0.2, 0.25) is 0 Å². The molecule has 7 nitrogen and oxygen atoms in total. The van der Waals surface area contributed by atoms with Crippen LogP contribution in [0.4, 0.5) is 5.13 Å². The van der Waals surface area contributed by atoms with Gasteiger partial charge in [0.15, 0.2) is 21.9 Å². The quantitative estimate of drug-likeness (QED) is 0.358. The normalized spacial score (nSPS) is 12.3. The van der Waals surface area contributed by atoms with Gasteiger partial charge in [0, 0.05) is 17.5 Å². The molecular weight excluding hydrogens is 430 g/mol. The number of carbonyl (C=O) groups is 1. The molecule has 0 aliphatic carbocycles. The molecule has 0 spiro atoms. The fourth-order valence-corrected chi connectivity index (χ4v) is 4.57. The van der Waals surface area contributed by atoms with Gasteiger partial charge >= 0.3 is 0 Å². The molecule has 4 rings (SSSR count). The van der Waals surface area contributed by atoms with Gasteiger partial charge in [-0.05, 0) is 25.0 Å². The Morgan fingerprint density at radius 1 is 1.16 bits per heavy atom. The van der Waals surface area contributed by atoms with E-state index >= 15 is 0 Å². The van der Waals surface area contributed by atoms with Crippen LogP contribution in [0.5, 0.6) is 0 Å². The number of hydrogen-bond donors (Lipinski definition) is 1. The van der Waals surface area contributed by atoms with Crippen LogP contribution in [-0.4, -0.2) is 30.9 Å². The molecule has 0 saturated heterocycles. The van der Waals surface area contributed by atoms with Crippen LogP contribution < -0.4 is 5.32 Å². The van der Waals surface area contributed by atoms with Crippen LogP contribution in [0.3, 0.4) is 0 Å². The lowest BCUT2D eigenvalue weighted by Crippen LogP contribution is -2.23. The second kappa shape index (κ2) is 9.49. The number of carbonyl (C=O) groups excluding carboxylic acids is 1. The third-order valence-electron chi connectivity index (χ3n) is 4.46. The van der Waals surface area contributed by atoms with Crippen molar-refractivity contribution >= 4 is 34.1 Å². The van der Waals surface area contributed by atoms with E-state index in [-0.39, 0.29) is 11.2 Å². The Morgan fingerprint density at radius 3 is 2.68 bits per heavy atom. The summed E-state index contributed by atoms with van der Waals surface area (Å²) in [6, 6.07) is 13.6. The standard InChI is InChI=1S/C22H23N5O2S2/c1-14(2)12-27-19(18-10-7-11-29-18)25-26-22(27)31-15(3)20(28)24-21-23-17(13-30-21)16-8-5-4-6-9-16/h4-11,13-15H,12H2,1-3H3,(H,23,24,28)/t15-/m0/s1. The molecule has 1 aromatic carbocycles. The van der Waals surface area contributed by atoms with Crippen LogP contribution >= 0.6 is 23.1 Å². The van der Waals surface area contributed by atoms with Gasteiger partial charge < -0.3 is 9.73 Å². The zero-order chi connectivity index (χ0) is 21.8. The summed E-state index contributed by atoms with van der Waals surface area (Å²) in [7, 11) is 0. The van der Waals surface area contributed by atoms with E-state index in [2.05, 4.69) is 34.3 Å². The van der Waals surface area contributed by atoms with E-state index in [1.807, 2.05) is 59.3 Å². The van der Waals surface area contributed by atoms with E-state index in [0.29, 0.717) is 27.8 Å². The Bertz CT molecular complexity index is 1140. The van der Waals surface area contributed by atoms with E-state index in [4.69, 9.17) is 4.42 Å². The van der Waals surface area contributed by atoms with Crippen molar-refractivity contribution in [2.45, 2.75) is 37.7 Å². The van der Waals surface area contributed by atoms with Crippen LogP contribution in [0, 0.1) is 5.92 Å². The van der Waals surface area contributed by atoms with E-state index in [1.165, 1.54) is 23.1 Å². The van der Waals surface area contributed by atoms with Gasteiger partial charge in [-0.15, -0.1) is 21.5 Å². The first kappa shape index (κ1) is 21.3. The summed E-state index contributed by atoms with van der Waals surface area (Å²) in [6.45, 7) is 6.84. The molecule has 1 atom stereocenters. The molecule has 1 N–H and O–H groups in total. The molecule has 9 heteroatoms. The van der Waals surface area contributed by atoms with Crippen molar-refractivity contribution in [2.75, 3.05) is 5.32 Å². The van der Waals surface area contributed by atoms with Crippen molar-refractivity contribution in [3.63, 3.8) is 0 Å². The number of thioether (sulfide) groups is 1. The summed E-state index contributed by atoms with van der Waals surface area (Å²) in [6.07, 6.45) is 1.62. The van der Waals surface area contributed by atoms with Gasteiger partial charge in [0.2, 0.25) is 5.91 Å². The largest absolute Gasteiger partial charge is 0.461 e. The average Bonchev–Trinajstić information content (AvgIpc) is 3.50. The predicted octanol–water partition coefficient (Wildman–Crippen LogP) is 5.44. The average molecular weight is 454 g/mol. The first-order chi connectivity index (χ1) is 15.0. The SMILES string of the molecule is CC(C)Cn1c(S[C@@H](C)C(=O)Nc2nc(-c3ccccc3)cs2)nnc1-c1ccco1. The first-order valence-electron chi connectivity index (χ1n) is 9.97. The summed E-state index contributed by atoms with van der Waals surface area (Å²) in [5, 5.41) is 14.4. The number of nitrogens with one attached hydrogen (secondary N) is 1. The third kappa shape index (κ3) is 5.05. The lowest BCUT2D eigenvalue weighted by Gasteiger charge is -2.14. The summed E-state index contributed by atoms with van der Waals surface area (Å²) in [5.74, 6) is 1.59. The van der Waals surface area contributed by atoms with Gasteiger partial charge in [-0.25, -0.2) is 4.98 Å². The smallest absolute Gasteiger partial charge is 0.239 e. The highest BCUT2D eigenvalue weighted by Gasteiger charge is 2.23. The number of aromatic nitrogens is 4. The lowest BCUT2D eigenvalue weighted by molar-refractivity contribution is -0.115. The van der Waals surface area contributed by atoms with E-state index in [9.17, 15) is 4.79 Å². The zero-order valence-electron chi connectivity index (χ0n) is 17.5. The van der Waals surface area contributed by atoms with Crippen molar-refractivity contribution in [2.24, 2.45) is 5.92 Å². The van der Waals surface area contributed by atoms with Crippen LogP contribution in [0.15, 0.2) is 63.7 Å². The molecule has 0 aliphatic heterocycles. The molecule has 31 heavy (non-hydrogen) atoms. The highest BCUT2D eigenvalue weighted by molar-refractivity contribution is 8.00. The molecule has 4 aromatic rings. The van der Waals surface area contributed by atoms with Crippen molar-refractivity contribution in [3.05, 3.63) is 54.1 Å². The van der Waals surface area contributed by atoms with Gasteiger partial charge in [0.25, 0.3) is 0 Å². The second-order valence-corrected chi connectivity index (χ2v) is 9.61. The monoisotopic (exact) mass is 453 g/mol. The minimum Gasteiger partial charge on any atom is -0.461 e. The Morgan fingerprint density at radius 2 is 1.97 bits per heavy atom.